The molecule has 0 amide bonds. The maximum absolute atomic E-state index is 13.1. The molecule has 6 heteroatoms. The average molecular weight is 286 g/mol. The zero-order valence-electron chi connectivity index (χ0n) is 11.0. The van der Waals surface area contributed by atoms with Crippen LogP contribution in [0.4, 0.5) is 4.39 Å². The Balaban J connectivity index is 2.10. The summed E-state index contributed by atoms with van der Waals surface area (Å²) in [7, 11) is -1.65. The Morgan fingerprint density at radius 3 is 2.63 bits per heavy atom. The lowest BCUT2D eigenvalue weighted by molar-refractivity contribution is 0.270. The van der Waals surface area contributed by atoms with Crippen LogP contribution in [0.3, 0.4) is 0 Å². The van der Waals surface area contributed by atoms with Gasteiger partial charge in [-0.1, -0.05) is 6.07 Å². The van der Waals surface area contributed by atoms with Crippen molar-refractivity contribution < 1.29 is 12.8 Å². The van der Waals surface area contributed by atoms with Gasteiger partial charge < -0.3 is 5.32 Å². The zero-order chi connectivity index (χ0) is 13.9. The molecule has 1 heterocycles. The van der Waals surface area contributed by atoms with E-state index in [0.29, 0.717) is 19.0 Å². The van der Waals surface area contributed by atoms with Crippen LogP contribution in [0.2, 0.25) is 0 Å². The van der Waals surface area contributed by atoms with Crippen molar-refractivity contribution in [3.05, 3.63) is 30.1 Å². The number of hydrogen-bond donors (Lipinski definition) is 1. The summed E-state index contributed by atoms with van der Waals surface area (Å²) in [5.74, 6) is -0.00453. The van der Waals surface area contributed by atoms with E-state index in [9.17, 15) is 12.8 Å². The van der Waals surface area contributed by atoms with Crippen LogP contribution in [-0.4, -0.2) is 39.4 Å². The SMILES string of the molecule is CNCC1CCN(S(=O)(=O)c2cccc(F)c2)CC1. The van der Waals surface area contributed by atoms with Gasteiger partial charge >= 0.3 is 0 Å². The van der Waals surface area contributed by atoms with Crippen LogP contribution >= 0.6 is 0 Å². The third kappa shape index (κ3) is 3.32. The molecule has 0 radical (unpaired) electrons. The van der Waals surface area contributed by atoms with Crippen molar-refractivity contribution >= 4 is 10.0 Å². The number of hydrogen-bond acceptors (Lipinski definition) is 3. The van der Waals surface area contributed by atoms with E-state index in [1.54, 1.807) is 0 Å². The van der Waals surface area contributed by atoms with E-state index in [1.807, 2.05) is 7.05 Å². The van der Waals surface area contributed by atoms with Crippen molar-refractivity contribution in [1.29, 1.82) is 0 Å². The lowest BCUT2D eigenvalue weighted by atomic mass is 9.98. The molecule has 0 atom stereocenters. The maximum atomic E-state index is 13.1. The predicted octanol–water partition coefficient (Wildman–Crippen LogP) is 1.45. The van der Waals surface area contributed by atoms with Crippen molar-refractivity contribution in [3.8, 4) is 0 Å². The minimum atomic E-state index is -3.55. The van der Waals surface area contributed by atoms with Crippen molar-refractivity contribution in [2.75, 3.05) is 26.7 Å². The van der Waals surface area contributed by atoms with Crippen molar-refractivity contribution in [2.24, 2.45) is 5.92 Å². The standard InChI is InChI=1S/C13H19FN2O2S/c1-15-10-11-5-7-16(8-6-11)19(17,18)13-4-2-3-12(14)9-13/h2-4,9,11,15H,5-8,10H2,1H3. The van der Waals surface area contributed by atoms with E-state index in [-0.39, 0.29) is 4.90 Å². The molecule has 1 saturated heterocycles. The summed E-state index contributed by atoms with van der Waals surface area (Å²) in [6, 6.07) is 5.20. The predicted molar refractivity (Wildman–Crippen MR) is 71.8 cm³/mol. The van der Waals surface area contributed by atoms with Crippen LogP contribution in [0, 0.1) is 11.7 Å². The van der Waals surface area contributed by atoms with Crippen molar-refractivity contribution in [2.45, 2.75) is 17.7 Å². The summed E-state index contributed by atoms with van der Waals surface area (Å²) < 4.78 is 39.3. The van der Waals surface area contributed by atoms with E-state index < -0.39 is 15.8 Å². The normalized spacial score (nSPS) is 18.6. The topological polar surface area (TPSA) is 49.4 Å². The molecular weight excluding hydrogens is 267 g/mol. The number of nitrogens with zero attached hydrogens (tertiary/aromatic N) is 1. The molecule has 1 aliphatic rings. The molecule has 1 N–H and O–H groups in total. The molecule has 106 valence electrons. The van der Waals surface area contributed by atoms with Gasteiger partial charge in [0, 0.05) is 13.1 Å². The molecule has 0 aromatic heterocycles. The monoisotopic (exact) mass is 286 g/mol. The number of sulfonamides is 1. The van der Waals surface area contributed by atoms with Crippen LogP contribution in [0.25, 0.3) is 0 Å². The molecule has 1 fully saturated rings. The van der Waals surface area contributed by atoms with Gasteiger partial charge in [0.2, 0.25) is 10.0 Å². The lowest BCUT2D eigenvalue weighted by Crippen LogP contribution is -2.40. The molecular formula is C13H19FN2O2S. The number of halogens is 1. The van der Waals surface area contributed by atoms with Gasteiger partial charge in [-0.25, -0.2) is 12.8 Å². The molecule has 1 aliphatic heterocycles. The summed E-state index contributed by atoms with van der Waals surface area (Å²) in [4.78, 5) is 0.0413. The molecule has 0 saturated carbocycles. The fourth-order valence-corrected chi connectivity index (χ4v) is 3.92. The molecule has 0 aliphatic carbocycles. The molecule has 1 aromatic carbocycles. The highest BCUT2D eigenvalue weighted by Crippen LogP contribution is 2.23. The van der Waals surface area contributed by atoms with E-state index in [1.165, 1.54) is 22.5 Å². The summed E-state index contributed by atoms with van der Waals surface area (Å²) in [6.45, 7) is 1.92. The fraction of sp³-hybridized carbons (Fsp3) is 0.538. The van der Waals surface area contributed by atoms with Gasteiger partial charge in [-0.3, -0.25) is 0 Å². The summed E-state index contributed by atoms with van der Waals surface area (Å²) >= 11 is 0. The minimum absolute atomic E-state index is 0.0413. The largest absolute Gasteiger partial charge is 0.319 e. The van der Waals surface area contributed by atoms with Gasteiger partial charge in [0.1, 0.15) is 5.82 Å². The van der Waals surface area contributed by atoms with Crippen LogP contribution in [0.5, 0.6) is 0 Å². The molecule has 0 unspecified atom stereocenters. The van der Waals surface area contributed by atoms with Crippen LogP contribution < -0.4 is 5.32 Å². The third-order valence-electron chi connectivity index (χ3n) is 3.50. The quantitative estimate of drug-likeness (QED) is 0.911. The van der Waals surface area contributed by atoms with Crippen LogP contribution in [0.15, 0.2) is 29.2 Å². The maximum Gasteiger partial charge on any atom is 0.243 e. The molecule has 0 bridgehead atoms. The summed E-state index contributed by atoms with van der Waals surface area (Å²) in [5, 5.41) is 3.11. The first-order chi connectivity index (χ1) is 9.04. The fourth-order valence-electron chi connectivity index (χ4n) is 2.42. The van der Waals surface area contributed by atoms with Gasteiger partial charge in [-0.2, -0.15) is 4.31 Å². The van der Waals surface area contributed by atoms with E-state index in [0.717, 1.165) is 25.5 Å². The molecule has 0 spiro atoms. The summed E-state index contributed by atoms with van der Waals surface area (Å²) in [6.07, 6.45) is 1.69. The molecule has 4 nitrogen and oxygen atoms in total. The van der Waals surface area contributed by atoms with Crippen molar-refractivity contribution in [3.63, 3.8) is 0 Å². The van der Waals surface area contributed by atoms with Crippen LogP contribution in [0.1, 0.15) is 12.8 Å². The Bertz CT molecular complexity index is 525. The third-order valence-corrected chi connectivity index (χ3v) is 5.39. The first-order valence-electron chi connectivity index (χ1n) is 6.44. The van der Waals surface area contributed by atoms with Gasteiger partial charge in [0.05, 0.1) is 4.90 Å². The second-order valence-corrected chi connectivity index (χ2v) is 6.80. The number of rotatable bonds is 4. The second-order valence-electron chi connectivity index (χ2n) is 4.86. The number of piperidine rings is 1. The highest BCUT2D eigenvalue weighted by atomic mass is 32.2. The Morgan fingerprint density at radius 1 is 1.37 bits per heavy atom. The number of nitrogens with one attached hydrogen (secondary N) is 1. The van der Waals surface area contributed by atoms with Gasteiger partial charge in [0.15, 0.2) is 0 Å². The zero-order valence-corrected chi connectivity index (χ0v) is 11.8. The Labute approximate surface area is 113 Å². The van der Waals surface area contributed by atoms with Crippen LogP contribution in [-0.2, 0) is 10.0 Å². The first-order valence-corrected chi connectivity index (χ1v) is 7.88. The molecule has 1 aromatic rings. The Morgan fingerprint density at radius 2 is 2.05 bits per heavy atom. The van der Waals surface area contributed by atoms with Gasteiger partial charge in [-0.15, -0.1) is 0 Å². The molecule has 2 rings (SSSR count). The Hall–Kier alpha value is -0.980. The average Bonchev–Trinajstić information content (AvgIpc) is 2.40. The Kier molecular flexibility index (Phi) is 4.54. The van der Waals surface area contributed by atoms with Crippen molar-refractivity contribution in [1.82, 2.24) is 9.62 Å². The molecule has 19 heavy (non-hydrogen) atoms. The van der Waals surface area contributed by atoms with Gasteiger partial charge in [-0.05, 0) is 50.6 Å². The minimum Gasteiger partial charge on any atom is -0.319 e. The van der Waals surface area contributed by atoms with E-state index in [4.69, 9.17) is 0 Å². The van der Waals surface area contributed by atoms with E-state index in [2.05, 4.69) is 5.32 Å². The van der Waals surface area contributed by atoms with E-state index >= 15 is 0 Å². The smallest absolute Gasteiger partial charge is 0.243 e. The van der Waals surface area contributed by atoms with Gasteiger partial charge in [0.25, 0.3) is 0 Å². The highest BCUT2D eigenvalue weighted by molar-refractivity contribution is 7.89. The number of benzene rings is 1. The highest BCUT2D eigenvalue weighted by Gasteiger charge is 2.29. The second kappa shape index (κ2) is 5.98. The lowest BCUT2D eigenvalue weighted by Gasteiger charge is -2.31. The first kappa shape index (κ1) is 14.4. The summed E-state index contributed by atoms with van der Waals surface area (Å²) in [5.41, 5.74) is 0.